The maximum absolute atomic E-state index is 4.15. The van der Waals surface area contributed by atoms with Gasteiger partial charge in [0.2, 0.25) is 0 Å². The zero-order chi connectivity index (χ0) is 6.97. The molecule has 0 atom stereocenters. The molecule has 2 heterocycles. The van der Waals surface area contributed by atoms with Gasteiger partial charge in [-0.25, -0.2) is 9.97 Å². The van der Waals surface area contributed by atoms with Crippen LogP contribution in [0.1, 0.15) is 0 Å². The van der Waals surface area contributed by atoms with Crippen molar-refractivity contribution in [2.45, 2.75) is 0 Å². The van der Waals surface area contributed by atoms with Gasteiger partial charge in [0.1, 0.15) is 0 Å². The van der Waals surface area contributed by atoms with Gasteiger partial charge in [-0.15, -0.1) is 11.3 Å². The quantitative estimate of drug-likeness (QED) is 0.631. The van der Waals surface area contributed by atoms with Crippen molar-refractivity contribution >= 4 is 37.5 Å². The number of rotatable bonds is 0. The summed E-state index contributed by atoms with van der Waals surface area (Å²) in [5.74, 6) is 0. The van der Waals surface area contributed by atoms with E-state index in [2.05, 4.69) is 25.9 Å². The van der Waals surface area contributed by atoms with Gasteiger partial charge in [-0.2, -0.15) is 0 Å². The van der Waals surface area contributed by atoms with Crippen LogP contribution in [0.25, 0.3) is 10.2 Å². The minimum atomic E-state index is 0.651. The third kappa shape index (κ3) is 0.932. The summed E-state index contributed by atoms with van der Waals surface area (Å²) >= 11 is 4.85. The normalized spacial score (nSPS) is 10.5. The SMILES string of the molecule is Brc1ncc2sccc2n1. The Morgan fingerprint density at radius 2 is 2.40 bits per heavy atom. The lowest BCUT2D eigenvalue weighted by Crippen LogP contribution is -1.78. The van der Waals surface area contributed by atoms with E-state index in [-0.39, 0.29) is 0 Å². The molecule has 0 aliphatic rings. The molecule has 0 saturated heterocycles. The molecule has 0 spiro atoms. The monoisotopic (exact) mass is 214 g/mol. The van der Waals surface area contributed by atoms with Gasteiger partial charge < -0.3 is 0 Å². The second kappa shape index (κ2) is 2.29. The van der Waals surface area contributed by atoms with E-state index < -0.39 is 0 Å². The van der Waals surface area contributed by atoms with Crippen LogP contribution in [0.15, 0.2) is 22.4 Å². The highest BCUT2D eigenvalue weighted by molar-refractivity contribution is 9.10. The molecular weight excluding hydrogens is 212 g/mol. The van der Waals surface area contributed by atoms with E-state index in [1.807, 2.05) is 17.6 Å². The van der Waals surface area contributed by atoms with Crippen LogP contribution in [0, 0.1) is 0 Å². The highest BCUT2D eigenvalue weighted by Crippen LogP contribution is 2.18. The molecule has 0 N–H and O–H groups in total. The molecular formula is C6H3BrN2S. The molecule has 2 aromatic rings. The first kappa shape index (κ1) is 6.24. The minimum Gasteiger partial charge on any atom is -0.229 e. The summed E-state index contributed by atoms with van der Waals surface area (Å²) in [5, 5.41) is 2.01. The van der Waals surface area contributed by atoms with Crippen molar-refractivity contribution in [3.8, 4) is 0 Å². The molecule has 50 valence electrons. The number of hydrogen-bond acceptors (Lipinski definition) is 3. The molecule has 0 amide bonds. The lowest BCUT2D eigenvalue weighted by atomic mass is 10.5. The van der Waals surface area contributed by atoms with Crippen LogP contribution >= 0.6 is 27.3 Å². The summed E-state index contributed by atoms with van der Waals surface area (Å²) in [6.07, 6.45) is 1.82. The Labute approximate surface area is 70.1 Å². The van der Waals surface area contributed by atoms with Crippen molar-refractivity contribution in [3.05, 3.63) is 22.4 Å². The van der Waals surface area contributed by atoms with Crippen LogP contribution in [0.5, 0.6) is 0 Å². The molecule has 0 unspecified atom stereocenters. The molecule has 2 aromatic heterocycles. The molecule has 2 rings (SSSR count). The van der Waals surface area contributed by atoms with Gasteiger partial charge in [-0.05, 0) is 27.4 Å². The Morgan fingerprint density at radius 1 is 1.50 bits per heavy atom. The van der Waals surface area contributed by atoms with Crippen molar-refractivity contribution < 1.29 is 0 Å². The second-order valence-electron chi connectivity index (χ2n) is 1.81. The van der Waals surface area contributed by atoms with Gasteiger partial charge in [-0.3, -0.25) is 0 Å². The van der Waals surface area contributed by atoms with Gasteiger partial charge >= 0.3 is 0 Å². The zero-order valence-corrected chi connectivity index (χ0v) is 7.32. The summed E-state index contributed by atoms with van der Waals surface area (Å²) in [6.45, 7) is 0. The topological polar surface area (TPSA) is 25.8 Å². The fourth-order valence-corrected chi connectivity index (χ4v) is 1.73. The Bertz CT molecular complexity index is 357. The fraction of sp³-hybridized carbons (Fsp3) is 0. The van der Waals surface area contributed by atoms with E-state index in [0.717, 1.165) is 10.2 Å². The van der Waals surface area contributed by atoms with Crippen molar-refractivity contribution in [2.24, 2.45) is 0 Å². The smallest absolute Gasteiger partial charge is 0.197 e. The fourth-order valence-electron chi connectivity index (χ4n) is 0.743. The first-order valence-corrected chi connectivity index (χ1v) is 4.39. The second-order valence-corrected chi connectivity index (χ2v) is 3.47. The summed E-state index contributed by atoms with van der Waals surface area (Å²) < 4.78 is 1.78. The van der Waals surface area contributed by atoms with Crippen LogP contribution < -0.4 is 0 Å². The number of fused-ring (bicyclic) bond motifs is 1. The van der Waals surface area contributed by atoms with Crippen molar-refractivity contribution in [1.82, 2.24) is 9.97 Å². The van der Waals surface area contributed by atoms with E-state index in [4.69, 9.17) is 0 Å². The lowest BCUT2D eigenvalue weighted by Gasteiger charge is -1.86. The minimum absolute atomic E-state index is 0.651. The summed E-state index contributed by atoms with van der Waals surface area (Å²) in [4.78, 5) is 8.15. The molecule has 0 fully saturated rings. The molecule has 0 radical (unpaired) electrons. The van der Waals surface area contributed by atoms with Crippen molar-refractivity contribution in [2.75, 3.05) is 0 Å². The largest absolute Gasteiger partial charge is 0.229 e. The Kier molecular flexibility index (Phi) is 1.43. The van der Waals surface area contributed by atoms with Crippen LogP contribution in [0.3, 0.4) is 0 Å². The van der Waals surface area contributed by atoms with E-state index in [1.54, 1.807) is 11.3 Å². The number of hydrogen-bond donors (Lipinski definition) is 0. The van der Waals surface area contributed by atoms with Gasteiger partial charge in [0.25, 0.3) is 0 Å². The van der Waals surface area contributed by atoms with Crippen LogP contribution in [0.4, 0.5) is 0 Å². The Morgan fingerprint density at radius 3 is 3.30 bits per heavy atom. The van der Waals surface area contributed by atoms with Gasteiger partial charge in [0.15, 0.2) is 4.73 Å². The number of aromatic nitrogens is 2. The average molecular weight is 215 g/mol. The van der Waals surface area contributed by atoms with Crippen LogP contribution in [-0.2, 0) is 0 Å². The standard InChI is InChI=1S/C6H3BrN2S/c7-6-8-3-5-4(9-6)1-2-10-5/h1-3H. The predicted octanol–water partition coefficient (Wildman–Crippen LogP) is 2.45. The van der Waals surface area contributed by atoms with Gasteiger partial charge in [0.05, 0.1) is 10.2 Å². The van der Waals surface area contributed by atoms with E-state index in [1.165, 1.54) is 0 Å². The molecule has 0 aliphatic carbocycles. The third-order valence-corrected chi connectivity index (χ3v) is 2.40. The maximum Gasteiger partial charge on any atom is 0.197 e. The molecule has 0 bridgehead atoms. The van der Waals surface area contributed by atoms with Crippen molar-refractivity contribution in [3.63, 3.8) is 0 Å². The number of nitrogens with zero attached hydrogens (tertiary/aromatic N) is 2. The predicted molar refractivity (Wildman–Crippen MR) is 45.1 cm³/mol. The average Bonchev–Trinajstić information content (AvgIpc) is 2.33. The van der Waals surface area contributed by atoms with Crippen molar-refractivity contribution in [1.29, 1.82) is 0 Å². The van der Waals surface area contributed by atoms with Gasteiger partial charge in [-0.1, -0.05) is 0 Å². The molecule has 0 saturated carbocycles. The highest BCUT2D eigenvalue weighted by atomic mass is 79.9. The summed E-state index contributed by atoms with van der Waals surface area (Å²) in [5.41, 5.74) is 1.01. The molecule has 2 nitrogen and oxygen atoms in total. The summed E-state index contributed by atoms with van der Waals surface area (Å²) in [7, 11) is 0. The molecule has 4 heteroatoms. The Balaban J connectivity index is 2.86. The summed E-state index contributed by atoms with van der Waals surface area (Å²) in [6, 6.07) is 1.98. The highest BCUT2D eigenvalue weighted by Gasteiger charge is 1.95. The van der Waals surface area contributed by atoms with E-state index >= 15 is 0 Å². The first-order chi connectivity index (χ1) is 4.86. The maximum atomic E-state index is 4.15. The zero-order valence-electron chi connectivity index (χ0n) is 4.91. The Hall–Kier alpha value is -0.480. The van der Waals surface area contributed by atoms with Crippen LogP contribution in [-0.4, -0.2) is 9.97 Å². The number of thiophene rings is 1. The third-order valence-electron chi connectivity index (χ3n) is 1.17. The van der Waals surface area contributed by atoms with E-state index in [9.17, 15) is 0 Å². The lowest BCUT2D eigenvalue weighted by molar-refractivity contribution is 1.17. The molecule has 10 heavy (non-hydrogen) atoms. The van der Waals surface area contributed by atoms with E-state index in [0.29, 0.717) is 4.73 Å². The molecule has 0 aromatic carbocycles. The number of halogens is 1. The van der Waals surface area contributed by atoms with Crippen LogP contribution in [0.2, 0.25) is 0 Å². The molecule has 0 aliphatic heterocycles. The first-order valence-electron chi connectivity index (χ1n) is 2.72. The van der Waals surface area contributed by atoms with Gasteiger partial charge in [0, 0.05) is 6.20 Å².